The van der Waals surface area contributed by atoms with Gasteiger partial charge in [-0.15, -0.1) is 0 Å². The van der Waals surface area contributed by atoms with E-state index in [1.165, 1.54) is 0 Å². The van der Waals surface area contributed by atoms with Crippen LogP contribution in [0.4, 0.5) is 0 Å². The molecule has 1 N–H and O–H groups in total. The van der Waals surface area contributed by atoms with Crippen LogP contribution in [-0.2, 0) is 9.84 Å². The minimum absolute atomic E-state index is 0.0408. The van der Waals surface area contributed by atoms with E-state index in [9.17, 15) is 8.42 Å². The molecule has 0 aromatic rings. The van der Waals surface area contributed by atoms with Crippen molar-refractivity contribution in [3.05, 3.63) is 0 Å². The fourth-order valence-electron chi connectivity index (χ4n) is 1.92. The second-order valence-corrected chi connectivity index (χ2v) is 6.53. The molecule has 0 aromatic carbocycles. The van der Waals surface area contributed by atoms with E-state index >= 15 is 0 Å². The van der Waals surface area contributed by atoms with Gasteiger partial charge in [-0.2, -0.15) is 5.26 Å². The predicted octanol–water partition coefficient (Wildman–Crippen LogP) is 0.845. The van der Waals surface area contributed by atoms with E-state index in [4.69, 9.17) is 5.26 Å². The van der Waals surface area contributed by atoms with Gasteiger partial charge in [-0.1, -0.05) is 6.92 Å². The van der Waals surface area contributed by atoms with Crippen molar-refractivity contribution in [2.24, 2.45) is 0 Å². The molecule has 0 amide bonds. The van der Waals surface area contributed by atoms with Gasteiger partial charge in [0, 0.05) is 6.04 Å². The lowest BCUT2D eigenvalue weighted by Gasteiger charge is -2.33. The number of hydrogen-bond donors (Lipinski definition) is 1. The summed E-state index contributed by atoms with van der Waals surface area (Å²) in [4.78, 5) is 0. The van der Waals surface area contributed by atoms with Crippen molar-refractivity contribution in [2.45, 2.75) is 44.7 Å². The Labute approximate surface area is 91.6 Å². The molecule has 86 valence electrons. The zero-order valence-corrected chi connectivity index (χ0v) is 10.1. The molecule has 0 aromatic heterocycles. The minimum Gasteiger partial charge on any atom is -0.296 e. The van der Waals surface area contributed by atoms with Crippen molar-refractivity contribution < 1.29 is 8.42 Å². The molecule has 4 nitrogen and oxygen atoms in total. The molecule has 1 fully saturated rings. The van der Waals surface area contributed by atoms with Crippen molar-refractivity contribution in [3.63, 3.8) is 0 Å². The lowest BCUT2D eigenvalue weighted by molar-refractivity contribution is 0.353. The molecule has 1 heterocycles. The molecule has 1 saturated heterocycles. The first-order valence-electron chi connectivity index (χ1n) is 5.32. The number of nitriles is 1. The van der Waals surface area contributed by atoms with Crippen molar-refractivity contribution in [1.29, 1.82) is 5.26 Å². The maximum atomic E-state index is 11.5. The van der Waals surface area contributed by atoms with Crippen LogP contribution in [-0.4, -0.2) is 31.5 Å². The number of rotatable bonds is 3. The zero-order chi connectivity index (χ0) is 11.5. The number of sulfone groups is 1. The third kappa shape index (κ3) is 3.18. The second-order valence-electron chi connectivity index (χ2n) is 4.34. The largest absolute Gasteiger partial charge is 0.296 e. The van der Waals surface area contributed by atoms with Gasteiger partial charge in [0.1, 0.15) is 5.54 Å². The normalized spacial score (nSPS) is 31.8. The third-order valence-electron chi connectivity index (χ3n) is 2.87. The molecule has 5 heteroatoms. The Hall–Kier alpha value is -0.600. The van der Waals surface area contributed by atoms with Crippen LogP contribution in [0.3, 0.4) is 0 Å². The molecule has 2 unspecified atom stereocenters. The lowest BCUT2D eigenvalue weighted by atomic mass is 9.96. The van der Waals surface area contributed by atoms with E-state index < -0.39 is 15.4 Å². The molecule has 0 aliphatic carbocycles. The fourth-order valence-corrected chi connectivity index (χ4v) is 3.69. The molecular formula is C10H18N2O2S. The van der Waals surface area contributed by atoms with E-state index in [1.807, 2.05) is 13.8 Å². The summed E-state index contributed by atoms with van der Waals surface area (Å²) in [5.74, 6) is 0.180. The first-order valence-corrected chi connectivity index (χ1v) is 7.14. The highest BCUT2D eigenvalue weighted by molar-refractivity contribution is 7.91. The summed E-state index contributed by atoms with van der Waals surface area (Å²) in [5, 5.41) is 12.3. The highest BCUT2D eigenvalue weighted by atomic mass is 32.2. The van der Waals surface area contributed by atoms with Gasteiger partial charge in [0.05, 0.1) is 17.6 Å². The van der Waals surface area contributed by atoms with E-state index in [1.54, 1.807) is 0 Å². The molecule has 0 bridgehead atoms. The summed E-state index contributed by atoms with van der Waals surface area (Å²) >= 11 is 0. The van der Waals surface area contributed by atoms with Gasteiger partial charge >= 0.3 is 0 Å². The number of nitrogens with one attached hydrogen (secondary N) is 1. The topological polar surface area (TPSA) is 70.0 Å². The summed E-state index contributed by atoms with van der Waals surface area (Å²) in [5.41, 5.74) is -0.855. The Bertz CT molecular complexity index is 358. The zero-order valence-electron chi connectivity index (χ0n) is 9.28. The SMILES string of the molecule is CCC(C)NC1(C#N)CCCS(=O)(=O)C1. The average Bonchev–Trinajstić information content (AvgIpc) is 2.16. The summed E-state index contributed by atoms with van der Waals surface area (Å²) in [7, 11) is -3.04. The van der Waals surface area contributed by atoms with Crippen LogP contribution >= 0.6 is 0 Å². The van der Waals surface area contributed by atoms with Gasteiger partial charge in [0.15, 0.2) is 9.84 Å². The van der Waals surface area contributed by atoms with Crippen LogP contribution in [0.15, 0.2) is 0 Å². The van der Waals surface area contributed by atoms with Gasteiger partial charge in [0.25, 0.3) is 0 Å². The smallest absolute Gasteiger partial charge is 0.153 e. The average molecular weight is 230 g/mol. The molecule has 1 aliphatic heterocycles. The van der Waals surface area contributed by atoms with Crippen LogP contribution in [0.1, 0.15) is 33.1 Å². The maximum Gasteiger partial charge on any atom is 0.153 e. The molecule has 0 saturated carbocycles. The van der Waals surface area contributed by atoms with E-state index in [-0.39, 0.29) is 17.5 Å². The van der Waals surface area contributed by atoms with E-state index in [0.717, 1.165) is 6.42 Å². The van der Waals surface area contributed by atoms with Crippen LogP contribution in [0.25, 0.3) is 0 Å². The van der Waals surface area contributed by atoms with Crippen molar-refractivity contribution in [2.75, 3.05) is 11.5 Å². The lowest BCUT2D eigenvalue weighted by Crippen LogP contribution is -2.55. The Balaban J connectivity index is 2.82. The third-order valence-corrected chi connectivity index (χ3v) is 4.72. The Kier molecular flexibility index (Phi) is 3.74. The Morgan fingerprint density at radius 2 is 2.27 bits per heavy atom. The number of nitrogens with zero attached hydrogens (tertiary/aromatic N) is 1. The van der Waals surface area contributed by atoms with Crippen molar-refractivity contribution in [3.8, 4) is 6.07 Å². The summed E-state index contributed by atoms with van der Waals surface area (Å²) in [6.45, 7) is 3.99. The molecule has 0 radical (unpaired) electrons. The molecule has 1 rings (SSSR count). The van der Waals surface area contributed by atoms with Crippen molar-refractivity contribution in [1.82, 2.24) is 5.32 Å². The molecule has 15 heavy (non-hydrogen) atoms. The van der Waals surface area contributed by atoms with Gasteiger partial charge < -0.3 is 0 Å². The summed E-state index contributed by atoms with van der Waals surface area (Å²) in [6, 6.07) is 2.33. The van der Waals surface area contributed by atoms with Crippen LogP contribution in [0.2, 0.25) is 0 Å². The van der Waals surface area contributed by atoms with Gasteiger partial charge in [0.2, 0.25) is 0 Å². The van der Waals surface area contributed by atoms with Gasteiger partial charge in [-0.3, -0.25) is 5.32 Å². The van der Waals surface area contributed by atoms with Crippen LogP contribution < -0.4 is 5.32 Å². The molecular weight excluding hydrogens is 212 g/mol. The first kappa shape index (κ1) is 12.5. The standard InChI is InChI=1S/C10H18N2O2S/c1-3-9(2)12-10(7-11)5-4-6-15(13,14)8-10/h9,12H,3-6,8H2,1-2H3. The van der Waals surface area contributed by atoms with Crippen LogP contribution in [0, 0.1) is 11.3 Å². The predicted molar refractivity (Wildman–Crippen MR) is 59.1 cm³/mol. The van der Waals surface area contributed by atoms with Crippen molar-refractivity contribution >= 4 is 9.84 Å². The number of hydrogen-bond acceptors (Lipinski definition) is 4. The Morgan fingerprint density at radius 1 is 1.60 bits per heavy atom. The molecule has 1 aliphatic rings. The monoisotopic (exact) mass is 230 g/mol. The quantitative estimate of drug-likeness (QED) is 0.780. The van der Waals surface area contributed by atoms with E-state index in [2.05, 4.69) is 11.4 Å². The highest BCUT2D eigenvalue weighted by Gasteiger charge is 2.39. The molecule has 2 atom stereocenters. The Morgan fingerprint density at radius 3 is 2.73 bits per heavy atom. The second kappa shape index (κ2) is 4.50. The van der Waals surface area contributed by atoms with Gasteiger partial charge in [-0.05, 0) is 26.2 Å². The van der Waals surface area contributed by atoms with Gasteiger partial charge in [-0.25, -0.2) is 8.42 Å². The van der Waals surface area contributed by atoms with E-state index in [0.29, 0.717) is 12.8 Å². The molecule has 0 spiro atoms. The fraction of sp³-hybridized carbons (Fsp3) is 0.900. The highest BCUT2D eigenvalue weighted by Crippen LogP contribution is 2.23. The first-order chi connectivity index (χ1) is 6.93. The summed E-state index contributed by atoms with van der Waals surface area (Å²) < 4.78 is 23.0. The van der Waals surface area contributed by atoms with Crippen LogP contribution in [0.5, 0.6) is 0 Å². The summed E-state index contributed by atoms with van der Waals surface area (Å²) in [6.07, 6.45) is 2.11. The minimum atomic E-state index is -3.04. The maximum absolute atomic E-state index is 11.5.